The quantitative estimate of drug-likeness (QED) is 0.199. The Hall–Kier alpha value is -5.13. The summed E-state index contributed by atoms with van der Waals surface area (Å²) in [7, 11) is 1.60. The lowest BCUT2D eigenvalue weighted by atomic mass is 9.80. The van der Waals surface area contributed by atoms with Gasteiger partial charge in [0.15, 0.2) is 6.23 Å². The number of amides is 1. The van der Waals surface area contributed by atoms with Crippen molar-refractivity contribution < 1.29 is 29.2 Å². The fourth-order valence-corrected chi connectivity index (χ4v) is 5.68. The molecule has 10 heteroatoms. The molecular formula is C36H33N3O7. The molecule has 1 aliphatic rings. The molecule has 0 saturated carbocycles. The maximum atomic E-state index is 13.0. The summed E-state index contributed by atoms with van der Waals surface area (Å²) < 4.78 is 19.3. The normalized spacial score (nSPS) is 19.5. The zero-order chi connectivity index (χ0) is 32.1. The van der Waals surface area contributed by atoms with Gasteiger partial charge >= 0.3 is 5.69 Å². The number of ether oxygens (including phenoxy) is 3. The van der Waals surface area contributed by atoms with Crippen LogP contribution in [-0.4, -0.2) is 57.7 Å². The number of aliphatic hydroxyl groups is 2. The fraction of sp³-hybridized carbons (Fsp3) is 0.194. The minimum Gasteiger partial charge on any atom is -0.497 e. The molecule has 0 spiro atoms. The molecule has 4 atom stereocenters. The Bertz CT molecular complexity index is 1780. The van der Waals surface area contributed by atoms with Crippen LogP contribution in [-0.2, 0) is 15.1 Å². The first-order chi connectivity index (χ1) is 22.4. The zero-order valence-electron chi connectivity index (χ0n) is 25.0. The highest BCUT2D eigenvalue weighted by Crippen LogP contribution is 2.42. The first-order valence-corrected chi connectivity index (χ1v) is 14.8. The number of carbonyl (C=O) groups is 1. The van der Waals surface area contributed by atoms with Gasteiger partial charge in [0, 0.05) is 11.8 Å². The number of carbonyl (C=O) groups excluding carboxylic acids is 1. The molecular weight excluding hydrogens is 586 g/mol. The van der Waals surface area contributed by atoms with Crippen LogP contribution in [0.5, 0.6) is 5.75 Å². The molecule has 2 heterocycles. The molecule has 1 saturated heterocycles. The second-order valence-electron chi connectivity index (χ2n) is 10.8. The molecule has 0 aliphatic carbocycles. The van der Waals surface area contributed by atoms with Crippen molar-refractivity contribution in [1.29, 1.82) is 0 Å². The number of aliphatic hydroxyl groups excluding tert-OH is 2. The van der Waals surface area contributed by atoms with E-state index in [1.807, 2.05) is 84.9 Å². The molecule has 1 aliphatic heterocycles. The predicted octanol–water partition coefficient (Wildman–Crippen LogP) is 4.13. The number of rotatable bonds is 10. The van der Waals surface area contributed by atoms with E-state index in [0.717, 1.165) is 21.3 Å². The Morgan fingerprint density at radius 1 is 0.826 bits per heavy atom. The van der Waals surface area contributed by atoms with Gasteiger partial charge in [-0.15, -0.1) is 0 Å². The topological polar surface area (TPSA) is 132 Å². The molecule has 0 unspecified atom stereocenters. The third kappa shape index (κ3) is 6.07. The summed E-state index contributed by atoms with van der Waals surface area (Å²) in [5.41, 5.74) is 0.992. The highest BCUT2D eigenvalue weighted by Gasteiger charge is 2.46. The van der Waals surface area contributed by atoms with Crippen LogP contribution in [0.1, 0.15) is 33.3 Å². The van der Waals surface area contributed by atoms with E-state index >= 15 is 0 Å². The molecule has 5 aromatic rings. The largest absolute Gasteiger partial charge is 0.497 e. The van der Waals surface area contributed by atoms with Gasteiger partial charge in [-0.2, -0.15) is 4.98 Å². The third-order valence-corrected chi connectivity index (χ3v) is 8.04. The molecule has 46 heavy (non-hydrogen) atoms. The van der Waals surface area contributed by atoms with E-state index in [1.165, 1.54) is 12.3 Å². The van der Waals surface area contributed by atoms with Crippen molar-refractivity contribution in [2.45, 2.75) is 30.1 Å². The summed E-state index contributed by atoms with van der Waals surface area (Å²) in [6.07, 6.45) is -3.73. The fourth-order valence-electron chi connectivity index (χ4n) is 5.68. The van der Waals surface area contributed by atoms with Gasteiger partial charge in [-0.25, -0.2) is 4.79 Å². The second-order valence-corrected chi connectivity index (χ2v) is 10.8. The van der Waals surface area contributed by atoms with Gasteiger partial charge < -0.3 is 29.7 Å². The van der Waals surface area contributed by atoms with Crippen molar-refractivity contribution in [1.82, 2.24) is 9.55 Å². The Balaban J connectivity index is 1.27. The van der Waals surface area contributed by atoms with E-state index in [4.69, 9.17) is 14.2 Å². The number of aromatic nitrogens is 2. The summed E-state index contributed by atoms with van der Waals surface area (Å²) >= 11 is 0. The third-order valence-electron chi connectivity index (χ3n) is 8.04. The molecule has 1 amide bonds. The van der Waals surface area contributed by atoms with Gasteiger partial charge in [0.05, 0.1) is 13.7 Å². The van der Waals surface area contributed by atoms with Gasteiger partial charge in [-0.05, 0) is 47.0 Å². The van der Waals surface area contributed by atoms with Crippen molar-refractivity contribution in [2.75, 3.05) is 19.0 Å². The monoisotopic (exact) mass is 619 g/mol. The SMILES string of the molecule is COc1ccc(C(OC[C@H]2O[C@@H](n3ccc(NC(=O)c4ccccc4)nc3=O)[C@@H](O)[C@H]2O)(c2ccccc2)c2ccccc2)cc1. The number of benzene rings is 4. The van der Waals surface area contributed by atoms with E-state index in [1.54, 1.807) is 37.4 Å². The number of hydrogen-bond donors (Lipinski definition) is 3. The van der Waals surface area contributed by atoms with Crippen molar-refractivity contribution in [3.05, 3.63) is 160 Å². The molecule has 0 bridgehead atoms. The lowest BCUT2D eigenvalue weighted by molar-refractivity contribution is -0.0958. The summed E-state index contributed by atoms with van der Waals surface area (Å²) in [4.78, 5) is 29.5. The van der Waals surface area contributed by atoms with Crippen molar-refractivity contribution in [2.24, 2.45) is 0 Å². The highest BCUT2D eigenvalue weighted by molar-refractivity contribution is 6.03. The first kappa shape index (κ1) is 30.9. The van der Waals surface area contributed by atoms with Gasteiger partial charge in [0.2, 0.25) is 0 Å². The highest BCUT2D eigenvalue weighted by atomic mass is 16.6. The standard InChI is InChI=1S/C36H33N3O7/c1-44-28-19-17-27(18-20-28)36(25-13-7-3-8-14-25,26-15-9-4-10-16-26)45-23-29-31(40)32(41)34(46-29)39-22-21-30(38-35(39)43)37-33(42)24-11-5-2-6-12-24/h2-22,29,31-32,34,40-41H,23H2,1H3,(H,37,38,42,43)/t29-,31+,32+,34-/m1/s1. The Morgan fingerprint density at radius 3 is 1.96 bits per heavy atom. The number of anilines is 1. The smallest absolute Gasteiger partial charge is 0.351 e. The Kier molecular flexibility index (Phi) is 9.04. The van der Waals surface area contributed by atoms with Crippen LogP contribution >= 0.6 is 0 Å². The van der Waals surface area contributed by atoms with Crippen LogP contribution in [0, 0.1) is 0 Å². The summed E-state index contributed by atoms with van der Waals surface area (Å²) in [5.74, 6) is 0.300. The molecule has 1 fully saturated rings. The molecule has 0 radical (unpaired) electrons. The van der Waals surface area contributed by atoms with Crippen LogP contribution in [0.2, 0.25) is 0 Å². The molecule has 10 nitrogen and oxygen atoms in total. The molecule has 234 valence electrons. The average molecular weight is 620 g/mol. The maximum absolute atomic E-state index is 13.0. The van der Waals surface area contributed by atoms with E-state index in [0.29, 0.717) is 11.3 Å². The van der Waals surface area contributed by atoms with E-state index in [-0.39, 0.29) is 12.4 Å². The lowest BCUT2D eigenvalue weighted by Gasteiger charge is -2.37. The minimum atomic E-state index is -1.46. The predicted molar refractivity (Wildman–Crippen MR) is 171 cm³/mol. The van der Waals surface area contributed by atoms with Gasteiger partial charge in [0.1, 0.15) is 35.5 Å². The summed E-state index contributed by atoms with van der Waals surface area (Å²) in [6.45, 7) is -0.141. The molecule has 3 N–H and O–H groups in total. The zero-order valence-corrected chi connectivity index (χ0v) is 25.0. The maximum Gasteiger partial charge on any atom is 0.351 e. The van der Waals surface area contributed by atoms with Crippen LogP contribution < -0.4 is 15.7 Å². The van der Waals surface area contributed by atoms with Crippen LogP contribution in [0.4, 0.5) is 5.82 Å². The van der Waals surface area contributed by atoms with Crippen LogP contribution in [0.25, 0.3) is 0 Å². The van der Waals surface area contributed by atoms with Crippen LogP contribution in [0.15, 0.2) is 132 Å². The number of nitrogens with one attached hydrogen (secondary N) is 1. The van der Waals surface area contributed by atoms with Gasteiger partial charge in [0.25, 0.3) is 5.91 Å². The molecule has 1 aromatic heterocycles. The molecule has 4 aromatic carbocycles. The number of hydrogen-bond acceptors (Lipinski definition) is 8. The number of methoxy groups -OCH3 is 1. The summed E-state index contributed by atoms with van der Waals surface area (Å²) in [5, 5.41) is 24.7. The van der Waals surface area contributed by atoms with E-state index in [2.05, 4.69) is 10.3 Å². The van der Waals surface area contributed by atoms with Crippen molar-refractivity contribution >= 4 is 11.7 Å². The van der Waals surface area contributed by atoms with Crippen molar-refractivity contribution in [3.8, 4) is 5.75 Å². The van der Waals surface area contributed by atoms with Crippen LogP contribution in [0.3, 0.4) is 0 Å². The number of nitrogens with zero attached hydrogens (tertiary/aromatic N) is 2. The lowest BCUT2D eigenvalue weighted by Crippen LogP contribution is -2.39. The summed E-state index contributed by atoms with van der Waals surface area (Å²) in [6, 6.07) is 36.9. The van der Waals surface area contributed by atoms with Crippen molar-refractivity contribution in [3.63, 3.8) is 0 Å². The molecule has 6 rings (SSSR count). The van der Waals surface area contributed by atoms with E-state index in [9.17, 15) is 19.8 Å². The first-order valence-electron chi connectivity index (χ1n) is 14.8. The Labute approximate surface area is 265 Å². The Morgan fingerprint density at radius 2 is 1.39 bits per heavy atom. The average Bonchev–Trinajstić information content (AvgIpc) is 3.39. The second kappa shape index (κ2) is 13.5. The minimum absolute atomic E-state index is 0.0398. The van der Waals surface area contributed by atoms with E-state index < -0.39 is 41.7 Å². The van der Waals surface area contributed by atoms with Gasteiger partial charge in [-0.1, -0.05) is 91.0 Å². The van der Waals surface area contributed by atoms with Gasteiger partial charge in [-0.3, -0.25) is 9.36 Å².